The molecular formula is C22H26N8O. The number of ether oxygens (including phenoxy) is 1. The molecule has 9 heteroatoms. The number of morpholine rings is 1. The highest BCUT2D eigenvalue weighted by Crippen LogP contribution is 2.33. The Morgan fingerprint density at radius 1 is 1.03 bits per heavy atom. The van der Waals surface area contributed by atoms with Crippen molar-refractivity contribution >= 4 is 22.5 Å². The molecule has 1 aliphatic carbocycles. The monoisotopic (exact) mass is 418 g/mol. The smallest absolute Gasteiger partial charge is 0.153 e. The van der Waals surface area contributed by atoms with Crippen LogP contribution >= 0.6 is 0 Å². The first-order valence-corrected chi connectivity index (χ1v) is 11.1. The van der Waals surface area contributed by atoms with E-state index in [1.807, 2.05) is 24.5 Å². The average molecular weight is 419 g/mol. The van der Waals surface area contributed by atoms with Crippen LogP contribution in [0.4, 0.5) is 5.82 Å². The van der Waals surface area contributed by atoms with Crippen molar-refractivity contribution in [2.75, 3.05) is 31.6 Å². The lowest BCUT2D eigenvalue weighted by Crippen LogP contribution is -2.46. The van der Waals surface area contributed by atoms with Crippen molar-refractivity contribution in [3.63, 3.8) is 0 Å². The predicted molar refractivity (Wildman–Crippen MR) is 118 cm³/mol. The van der Waals surface area contributed by atoms with Gasteiger partial charge in [-0.3, -0.25) is 4.90 Å². The van der Waals surface area contributed by atoms with Crippen molar-refractivity contribution < 1.29 is 4.74 Å². The summed E-state index contributed by atoms with van der Waals surface area (Å²) in [6.45, 7) is 3.87. The summed E-state index contributed by atoms with van der Waals surface area (Å²) in [7, 11) is 0. The van der Waals surface area contributed by atoms with Crippen LogP contribution in [-0.2, 0) is 4.74 Å². The molecule has 0 atom stereocenters. The first kappa shape index (κ1) is 18.7. The molecule has 0 spiro atoms. The van der Waals surface area contributed by atoms with E-state index in [2.05, 4.69) is 30.2 Å². The number of fused-ring (bicyclic) bond motifs is 2. The lowest BCUT2D eigenvalue weighted by Gasteiger charge is -2.39. The van der Waals surface area contributed by atoms with Crippen LogP contribution in [0, 0.1) is 0 Å². The van der Waals surface area contributed by atoms with Gasteiger partial charge >= 0.3 is 0 Å². The number of aromatic amines is 1. The number of anilines is 1. The third kappa shape index (κ3) is 3.53. The average Bonchev–Trinajstić information content (AvgIpc) is 3.47. The van der Waals surface area contributed by atoms with Gasteiger partial charge in [0.1, 0.15) is 17.8 Å². The highest BCUT2D eigenvalue weighted by atomic mass is 16.5. The van der Waals surface area contributed by atoms with Gasteiger partial charge in [0.25, 0.3) is 0 Å². The standard InChI is InChI=1S/C22H26N8O/c1-3-16(29-9-11-31-12-10-29)4-2-15(1)27-22-20-17(13-24-21(20)25-14-26-22)18-5-6-19-23-7-8-30(19)28-18/h5-8,13-16H,1-4,9-12H2,(H2,24,25,26,27)/t15-,16-. The summed E-state index contributed by atoms with van der Waals surface area (Å²) in [5.74, 6) is 0.878. The maximum Gasteiger partial charge on any atom is 0.153 e. The molecule has 1 saturated heterocycles. The van der Waals surface area contributed by atoms with Crippen molar-refractivity contribution in [3.8, 4) is 11.3 Å². The van der Waals surface area contributed by atoms with Gasteiger partial charge in [-0.25, -0.2) is 19.5 Å². The van der Waals surface area contributed by atoms with Crippen LogP contribution in [0.5, 0.6) is 0 Å². The lowest BCUT2D eigenvalue weighted by molar-refractivity contribution is 0.00791. The number of aromatic nitrogens is 6. The number of hydrogen-bond donors (Lipinski definition) is 2. The molecular weight excluding hydrogens is 392 g/mol. The minimum Gasteiger partial charge on any atom is -0.379 e. The molecule has 2 N–H and O–H groups in total. The molecule has 0 aromatic carbocycles. The zero-order valence-corrected chi connectivity index (χ0v) is 17.4. The first-order chi connectivity index (χ1) is 15.3. The SMILES string of the molecule is c1nc(N[C@H]2CC[C@H](N3CCOCC3)CC2)c2c(-c3ccc4nccn4n3)c[nH]c2n1. The fourth-order valence-electron chi connectivity index (χ4n) is 4.95. The zero-order valence-electron chi connectivity index (χ0n) is 17.4. The molecule has 31 heavy (non-hydrogen) atoms. The van der Waals surface area contributed by atoms with Gasteiger partial charge in [-0.15, -0.1) is 0 Å². The van der Waals surface area contributed by atoms with E-state index in [1.54, 1.807) is 17.0 Å². The second kappa shape index (κ2) is 7.90. The van der Waals surface area contributed by atoms with E-state index in [0.717, 1.165) is 72.9 Å². The van der Waals surface area contributed by atoms with Crippen LogP contribution in [0.15, 0.2) is 37.1 Å². The molecule has 0 amide bonds. The summed E-state index contributed by atoms with van der Waals surface area (Å²) in [6.07, 6.45) is 11.9. The second-order valence-corrected chi connectivity index (χ2v) is 8.39. The summed E-state index contributed by atoms with van der Waals surface area (Å²) in [4.78, 5) is 19.2. The summed E-state index contributed by atoms with van der Waals surface area (Å²) < 4.78 is 7.30. The highest BCUT2D eigenvalue weighted by molar-refractivity contribution is 6.00. The third-order valence-corrected chi connectivity index (χ3v) is 6.60. The van der Waals surface area contributed by atoms with Gasteiger partial charge in [0.2, 0.25) is 0 Å². The Labute approximate surface area is 179 Å². The molecule has 2 fully saturated rings. The molecule has 0 bridgehead atoms. The third-order valence-electron chi connectivity index (χ3n) is 6.60. The predicted octanol–water partition coefficient (Wildman–Crippen LogP) is 2.72. The van der Waals surface area contributed by atoms with E-state index in [1.165, 1.54) is 12.8 Å². The van der Waals surface area contributed by atoms with Gasteiger partial charge in [-0.2, -0.15) is 5.10 Å². The molecule has 9 nitrogen and oxygen atoms in total. The van der Waals surface area contributed by atoms with Gasteiger partial charge in [-0.05, 0) is 37.8 Å². The minimum atomic E-state index is 0.419. The Bertz CT molecular complexity index is 1190. The van der Waals surface area contributed by atoms with Crippen molar-refractivity contribution in [2.45, 2.75) is 37.8 Å². The number of H-pyrrole nitrogens is 1. The van der Waals surface area contributed by atoms with Crippen molar-refractivity contribution in [1.29, 1.82) is 0 Å². The van der Waals surface area contributed by atoms with Gasteiger partial charge in [-0.1, -0.05) is 0 Å². The maximum absolute atomic E-state index is 5.51. The van der Waals surface area contributed by atoms with E-state index >= 15 is 0 Å². The fraction of sp³-hybridized carbons (Fsp3) is 0.455. The number of imidazole rings is 1. The lowest BCUT2D eigenvalue weighted by atomic mass is 9.90. The van der Waals surface area contributed by atoms with Crippen LogP contribution in [-0.4, -0.2) is 72.8 Å². The molecule has 4 aromatic heterocycles. The molecule has 160 valence electrons. The van der Waals surface area contributed by atoms with Gasteiger partial charge < -0.3 is 15.0 Å². The second-order valence-electron chi connectivity index (χ2n) is 8.39. The number of rotatable bonds is 4. The van der Waals surface area contributed by atoms with Crippen molar-refractivity contribution in [1.82, 2.24) is 34.4 Å². The summed E-state index contributed by atoms with van der Waals surface area (Å²) in [5, 5.41) is 9.42. The minimum absolute atomic E-state index is 0.419. The van der Waals surface area contributed by atoms with E-state index < -0.39 is 0 Å². The van der Waals surface area contributed by atoms with Crippen molar-refractivity contribution in [2.24, 2.45) is 0 Å². The number of hydrogen-bond acceptors (Lipinski definition) is 7. The van der Waals surface area contributed by atoms with Crippen LogP contribution in [0.3, 0.4) is 0 Å². The Morgan fingerprint density at radius 2 is 1.90 bits per heavy atom. The molecule has 6 rings (SSSR count). The van der Waals surface area contributed by atoms with Gasteiger partial charge in [0.15, 0.2) is 5.65 Å². The van der Waals surface area contributed by atoms with E-state index in [0.29, 0.717) is 12.1 Å². The zero-order chi connectivity index (χ0) is 20.6. The Morgan fingerprint density at radius 3 is 2.77 bits per heavy atom. The van der Waals surface area contributed by atoms with E-state index in [-0.39, 0.29) is 0 Å². The highest BCUT2D eigenvalue weighted by Gasteiger charge is 2.27. The van der Waals surface area contributed by atoms with Gasteiger partial charge in [0, 0.05) is 49.3 Å². The van der Waals surface area contributed by atoms with Crippen LogP contribution in [0.25, 0.3) is 27.9 Å². The molecule has 1 saturated carbocycles. The quantitative estimate of drug-likeness (QED) is 0.526. The Hall–Kier alpha value is -3.04. The maximum atomic E-state index is 5.51. The van der Waals surface area contributed by atoms with Crippen LogP contribution < -0.4 is 5.32 Å². The molecule has 0 unspecified atom stereocenters. The molecule has 2 aliphatic rings. The van der Waals surface area contributed by atoms with E-state index in [9.17, 15) is 0 Å². The Kier molecular flexibility index (Phi) is 4.77. The van der Waals surface area contributed by atoms with Crippen molar-refractivity contribution in [3.05, 3.63) is 37.1 Å². The van der Waals surface area contributed by atoms with Crippen LogP contribution in [0.2, 0.25) is 0 Å². The molecule has 5 heterocycles. The first-order valence-electron chi connectivity index (χ1n) is 11.1. The number of nitrogens with one attached hydrogen (secondary N) is 2. The normalized spacial score (nSPS) is 22.8. The Balaban J connectivity index is 1.24. The fourth-order valence-corrected chi connectivity index (χ4v) is 4.95. The molecule has 4 aromatic rings. The van der Waals surface area contributed by atoms with Crippen LogP contribution in [0.1, 0.15) is 25.7 Å². The summed E-state index contributed by atoms with van der Waals surface area (Å²) in [6, 6.07) is 5.07. The topological polar surface area (TPSA) is 96.3 Å². The number of nitrogens with zero attached hydrogens (tertiary/aromatic N) is 6. The summed E-state index contributed by atoms with van der Waals surface area (Å²) >= 11 is 0. The largest absolute Gasteiger partial charge is 0.379 e. The van der Waals surface area contributed by atoms with Gasteiger partial charge in [0.05, 0.1) is 24.3 Å². The molecule has 1 aliphatic heterocycles. The summed E-state index contributed by atoms with van der Waals surface area (Å²) in [5.41, 5.74) is 3.51. The molecule has 0 radical (unpaired) electrons. The van der Waals surface area contributed by atoms with E-state index in [4.69, 9.17) is 9.84 Å².